The number of nitrogens with one attached hydrogen (secondary N) is 2. The molecular formula is C24H51N5S. The molecule has 0 atom stereocenters. The average molecular weight is 442 g/mol. The summed E-state index contributed by atoms with van der Waals surface area (Å²) < 4.78 is 0.432. The third kappa shape index (κ3) is 13.9. The second-order valence-electron chi connectivity index (χ2n) is 6.83. The molecule has 3 rings (SSSR count). The van der Waals surface area contributed by atoms with Gasteiger partial charge in [-0.25, -0.2) is 0 Å². The zero-order valence-electron chi connectivity index (χ0n) is 21.3. The molecule has 1 saturated carbocycles. The van der Waals surface area contributed by atoms with Crippen molar-refractivity contribution in [2.24, 2.45) is 0 Å². The zero-order valence-corrected chi connectivity index (χ0v) is 22.1. The van der Waals surface area contributed by atoms with Crippen molar-refractivity contribution < 1.29 is 0 Å². The minimum atomic E-state index is 0.432. The minimum absolute atomic E-state index is 0.432. The molecule has 0 amide bonds. The summed E-state index contributed by atoms with van der Waals surface area (Å²) in [5.41, 5.74) is 0. The Kier molecular flexibility index (Phi) is 23.3. The van der Waals surface area contributed by atoms with Gasteiger partial charge in [-0.1, -0.05) is 93.9 Å². The predicted octanol–water partition coefficient (Wildman–Crippen LogP) is 8.15. The predicted molar refractivity (Wildman–Crippen MR) is 138 cm³/mol. The Hall–Kier alpha value is -1.17. The van der Waals surface area contributed by atoms with Gasteiger partial charge in [-0.05, 0) is 37.9 Å². The zero-order chi connectivity index (χ0) is 23.2. The molecule has 1 aromatic heterocycles. The Bertz CT molecular complexity index is 517. The lowest BCUT2D eigenvalue weighted by Crippen LogP contribution is -2.24. The summed E-state index contributed by atoms with van der Waals surface area (Å²) >= 11 is 5.21. The fourth-order valence-corrected chi connectivity index (χ4v) is 3.31. The lowest BCUT2D eigenvalue weighted by molar-refractivity contribution is 0.613. The molecule has 0 unspecified atom stereocenters. The molecule has 0 aromatic carbocycles. The quantitative estimate of drug-likeness (QED) is 0.364. The molecule has 2 fully saturated rings. The first kappa shape index (κ1) is 31.0. The first-order valence-corrected chi connectivity index (χ1v) is 13.1. The molecule has 1 aliphatic carbocycles. The molecule has 5 nitrogen and oxygen atoms in total. The maximum absolute atomic E-state index is 5.21. The monoisotopic (exact) mass is 441 g/mol. The molecule has 0 spiro atoms. The highest BCUT2D eigenvalue weighted by Gasteiger charge is 2.17. The van der Waals surface area contributed by atoms with Gasteiger partial charge in [-0.15, -0.1) is 0 Å². The molecular weight excluding hydrogens is 390 g/mol. The highest BCUT2D eigenvalue weighted by molar-refractivity contribution is 7.71. The van der Waals surface area contributed by atoms with Crippen LogP contribution in [-0.4, -0.2) is 34.1 Å². The van der Waals surface area contributed by atoms with E-state index in [4.69, 9.17) is 12.2 Å². The molecule has 2 N–H and O–H groups in total. The van der Waals surface area contributed by atoms with E-state index in [1.807, 2.05) is 41.5 Å². The third-order valence-corrected chi connectivity index (χ3v) is 4.92. The standard InChI is InChI=1S/C14H23N5S.C4H10.3C2H6/c20-14-17-12(15-11-7-3-1-2-4-8-11)16-13(18-14)19-9-5-6-10-19;1-3-4-2;3*1-2/h11H,1-10H2,(H2,15,16,17,18,20);3-4H2,1-2H3;3*1-2H3. The van der Waals surface area contributed by atoms with Crippen LogP contribution in [0.25, 0.3) is 0 Å². The van der Waals surface area contributed by atoms with Gasteiger partial charge >= 0.3 is 0 Å². The van der Waals surface area contributed by atoms with Gasteiger partial charge in [0.15, 0.2) is 0 Å². The Morgan fingerprint density at radius 2 is 1.33 bits per heavy atom. The lowest BCUT2D eigenvalue weighted by Gasteiger charge is -2.19. The Balaban J connectivity index is 0. The van der Waals surface area contributed by atoms with Crippen LogP contribution < -0.4 is 10.2 Å². The van der Waals surface area contributed by atoms with Crippen molar-refractivity contribution in [1.29, 1.82) is 0 Å². The second-order valence-corrected chi connectivity index (χ2v) is 7.20. The van der Waals surface area contributed by atoms with Gasteiger partial charge in [0.1, 0.15) is 0 Å². The van der Waals surface area contributed by atoms with E-state index < -0.39 is 0 Å². The van der Waals surface area contributed by atoms with E-state index in [-0.39, 0.29) is 0 Å². The number of unbranched alkanes of at least 4 members (excludes halogenated alkanes) is 1. The topological polar surface area (TPSA) is 56.8 Å². The highest BCUT2D eigenvalue weighted by atomic mass is 32.1. The van der Waals surface area contributed by atoms with Crippen molar-refractivity contribution in [3.63, 3.8) is 0 Å². The van der Waals surface area contributed by atoms with Gasteiger partial charge in [0.05, 0.1) is 0 Å². The lowest BCUT2D eigenvalue weighted by atomic mass is 10.1. The van der Waals surface area contributed by atoms with E-state index in [9.17, 15) is 0 Å². The van der Waals surface area contributed by atoms with Crippen molar-refractivity contribution in [2.75, 3.05) is 23.3 Å². The van der Waals surface area contributed by atoms with Gasteiger partial charge in [-0.3, -0.25) is 4.98 Å². The third-order valence-electron chi connectivity index (χ3n) is 4.74. The average Bonchev–Trinajstić information content (AvgIpc) is 3.23. The molecule has 30 heavy (non-hydrogen) atoms. The largest absolute Gasteiger partial charge is 0.353 e. The number of anilines is 2. The summed E-state index contributed by atoms with van der Waals surface area (Å²) in [6.07, 6.45) is 12.9. The fourth-order valence-electron chi connectivity index (χ4n) is 3.14. The molecule has 1 aromatic rings. The first-order chi connectivity index (χ1) is 14.7. The van der Waals surface area contributed by atoms with Gasteiger partial charge in [-0.2, -0.15) is 9.97 Å². The number of H-pyrrole nitrogens is 1. The molecule has 178 valence electrons. The summed E-state index contributed by atoms with van der Waals surface area (Å²) in [5, 5.41) is 3.53. The van der Waals surface area contributed by atoms with E-state index >= 15 is 0 Å². The summed E-state index contributed by atoms with van der Waals surface area (Å²) in [6.45, 7) is 18.5. The van der Waals surface area contributed by atoms with Crippen LogP contribution in [0.3, 0.4) is 0 Å². The molecule has 0 radical (unpaired) electrons. The molecule has 2 aliphatic rings. The number of aromatic nitrogens is 3. The summed E-state index contributed by atoms with van der Waals surface area (Å²) in [5.74, 6) is 1.66. The van der Waals surface area contributed by atoms with Crippen LogP contribution in [0.1, 0.15) is 120 Å². The second kappa shape index (κ2) is 22.5. The molecule has 6 heteroatoms. The summed E-state index contributed by atoms with van der Waals surface area (Å²) in [6, 6.07) is 0.518. The van der Waals surface area contributed by atoms with Crippen LogP contribution in [0.4, 0.5) is 11.9 Å². The van der Waals surface area contributed by atoms with Gasteiger partial charge < -0.3 is 10.2 Å². The SMILES string of the molecule is CC.CC.CC.CCCC.S=c1nc(NC2CCCCCC2)[nH]c(N2CCCC2)n1. The maximum atomic E-state index is 5.21. The Labute approximate surface area is 192 Å². The Morgan fingerprint density at radius 3 is 1.80 bits per heavy atom. The number of hydrogen-bond donors (Lipinski definition) is 2. The van der Waals surface area contributed by atoms with Crippen LogP contribution in [-0.2, 0) is 0 Å². The van der Waals surface area contributed by atoms with Crippen LogP contribution in [0.2, 0.25) is 0 Å². The van der Waals surface area contributed by atoms with Crippen LogP contribution in [0, 0.1) is 4.77 Å². The van der Waals surface area contributed by atoms with Crippen molar-refractivity contribution in [2.45, 2.75) is 126 Å². The number of rotatable bonds is 4. The van der Waals surface area contributed by atoms with E-state index in [1.54, 1.807) is 0 Å². The number of nitrogens with zero attached hydrogens (tertiary/aromatic N) is 3. The van der Waals surface area contributed by atoms with Crippen LogP contribution >= 0.6 is 12.2 Å². The van der Waals surface area contributed by atoms with Gasteiger partial charge in [0.25, 0.3) is 0 Å². The molecule has 0 bridgehead atoms. The number of aromatic amines is 1. The fraction of sp³-hybridized carbons (Fsp3) is 0.875. The first-order valence-electron chi connectivity index (χ1n) is 12.7. The maximum Gasteiger partial charge on any atom is 0.225 e. The van der Waals surface area contributed by atoms with Crippen molar-refractivity contribution in [1.82, 2.24) is 15.0 Å². The van der Waals surface area contributed by atoms with Crippen molar-refractivity contribution >= 4 is 24.1 Å². The van der Waals surface area contributed by atoms with E-state index in [2.05, 4.69) is 39.0 Å². The van der Waals surface area contributed by atoms with Crippen molar-refractivity contribution in [3.05, 3.63) is 4.77 Å². The summed E-state index contributed by atoms with van der Waals surface area (Å²) in [4.78, 5) is 14.3. The normalized spacial score (nSPS) is 15.5. The van der Waals surface area contributed by atoms with E-state index in [1.165, 1.54) is 64.2 Å². The molecule has 1 saturated heterocycles. The molecule has 2 heterocycles. The van der Waals surface area contributed by atoms with Crippen molar-refractivity contribution in [3.8, 4) is 0 Å². The van der Waals surface area contributed by atoms with Crippen LogP contribution in [0.5, 0.6) is 0 Å². The highest BCUT2D eigenvalue weighted by Crippen LogP contribution is 2.21. The summed E-state index contributed by atoms with van der Waals surface area (Å²) in [7, 11) is 0. The smallest absolute Gasteiger partial charge is 0.225 e. The van der Waals surface area contributed by atoms with E-state index in [0.29, 0.717) is 10.8 Å². The van der Waals surface area contributed by atoms with Crippen LogP contribution in [0.15, 0.2) is 0 Å². The number of hydrogen-bond acceptors (Lipinski definition) is 5. The minimum Gasteiger partial charge on any atom is -0.353 e. The van der Waals surface area contributed by atoms with Gasteiger partial charge in [0, 0.05) is 19.1 Å². The van der Waals surface area contributed by atoms with Gasteiger partial charge in [0.2, 0.25) is 16.7 Å². The van der Waals surface area contributed by atoms with E-state index in [0.717, 1.165) is 25.0 Å². The Morgan fingerprint density at radius 1 is 0.833 bits per heavy atom. The molecule has 1 aliphatic heterocycles.